The van der Waals surface area contributed by atoms with Gasteiger partial charge in [0.2, 0.25) is 11.7 Å². The zero-order valence-corrected chi connectivity index (χ0v) is 23.8. The molecular weight excluding hydrogens is 524 g/mol. The van der Waals surface area contributed by atoms with Crippen molar-refractivity contribution in [2.75, 3.05) is 13.7 Å². The van der Waals surface area contributed by atoms with Gasteiger partial charge in [0.1, 0.15) is 23.3 Å². The van der Waals surface area contributed by atoms with Crippen LogP contribution in [0.15, 0.2) is 24.3 Å². The monoisotopic (exact) mass is 562 g/mol. The average molecular weight is 563 g/mol. The van der Waals surface area contributed by atoms with Crippen molar-refractivity contribution in [1.29, 1.82) is 0 Å². The number of nitrogens with zero attached hydrogens (tertiary/aromatic N) is 1. The summed E-state index contributed by atoms with van der Waals surface area (Å²) in [4.78, 5) is 71.3. The third kappa shape index (κ3) is 5.02. The summed E-state index contributed by atoms with van der Waals surface area (Å²) in [6, 6.07) is 5.33. The first-order valence-corrected chi connectivity index (χ1v) is 14.7. The fraction of sp³-hybridized carbons (Fsp3) is 0.581. The zero-order chi connectivity index (χ0) is 29.1. The van der Waals surface area contributed by atoms with Crippen LogP contribution in [0.2, 0.25) is 0 Å². The maximum absolute atomic E-state index is 14.0. The third-order valence-corrected chi connectivity index (χ3v) is 9.78. The van der Waals surface area contributed by atoms with Gasteiger partial charge in [0, 0.05) is 35.8 Å². The van der Waals surface area contributed by atoms with Crippen LogP contribution in [0.1, 0.15) is 69.3 Å². The summed E-state index contributed by atoms with van der Waals surface area (Å²) >= 11 is 0. The lowest BCUT2D eigenvalue weighted by Gasteiger charge is -2.32. The molecule has 2 heterocycles. The molecule has 1 aromatic heterocycles. The molecule has 4 aliphatic rings. The molecule has 10 heteroatoms. The van der Waals surface area contributed by atoms with Gasteiger partial charge >= 0.3 is 0 Å². The van der Waals surface area contributed by atoms with Crippen molar-refractivity contribution in [3.63, 3.8) is 0 Å². The molecule has 1 saturated heterocycles. The quantitative estimate of drug-likeness (QED) is 0.402. The lowest BCUT2D eigenvalue weighted by atomic mass is 9.82. The number of amides is 3. The number of hydrogen-bond donors (Lipinski definition) is 3. The molecule has 5 atom stereocenters. The number of fused-ring (bicyclic) bond motifs is 2. The molecule has 0 bridgehead atoms. The van der Waals surface area contributed by atoms with Gasteiger partial charge in [-0.05, 0) is 67.6 Å². The Hall–Kier alpha value is -3.69. The van der Waals surface area contributed by atoms with Crippen molar-refractivity contribution in [2.24, 2.45) is 23.2 Å². The second kappa shape index (κ2) is 10.3. The van der Waals surface area contributed by atoms with E-state index < -0.39 is 29.7 Å². The van der Waals surface area contributed by atoms with Gasteiger partial charge in [-0.2, -0.15) is 0 Å². The van der Waals surface area contributed by atoms with Gasteiger partial charge in [0.25, 0.3) is 11.8 Å². The summed E-state index contributed by atoms with van der Waals surface area (Å²) in [7, 11) is 1.57. The number of aromatic nitrogens is 1. The van der Waals surface area contributed by atoms with E-state index >= 15 is 0 Å². The van der Waals surface area contributed by atoms with Gasteiger partial charge in [-0.1, -0.05) is 26.3 Å². The number of H-pyrrole nitrogens is 1. The summed E-state index contributed by atoms with van der Waals surface area (Å²) in [6.07, 6.45) is 4.53. The molecule has 10 nitrogen and oxygen atoms in total. The van der Waals surface area contributed by atoms with E-state index in [9.17, 15) is 24.0 Å². The van der Waals surface area contributed by atoms with Crippen molar-refractivity contribution in [3.05, 3.63) is 30.0 Å². The maximum atomic E-state index is 14.0. The molecule has 4 fully saturated rings. The number of methoxy groups -OCH3 is 1. The number of benzene rings is 1. The molecule has 3 saturated carbocycles. The highest BCUT2D eigenvalue weighted by Crippen LogP contribution is 2.65. The zero-order valence-electron chi connectivity index (χ0n) is 23.8. The van der Waals surface area contributed by atoms with E-state index in [2.05, 4.69) is 29.5 Å². The fourth-order valence-electron chi connectivity index (χ4n) is 7.09. The van der Waals surface area contributed by atoms with E-state index in [1.54, 1.807) is 18.1 Å². The predicted octanol–water partition coefficient (Wildman–Crippen LogP) is 2.76. The van der Waals surface area contributed by atoms with Gasteiger partial charge in [-0.3, -0.25) is 24.0 Å². The Labute approximate surface area is 238 Å². The first-order chi connectivity index (χ1) is 19.6. The summed E-state index contributed by atoms with van der Waals surface area (Å²) < 4.78 is 5.44. The SMILES string of the molecule is COc1cccc2[nH]c(C(=O)N3C[C@H]4[C@@H]([C@H]3C(=O)N[C@@H](C[C@@H]3CCCCC3=O)C(=O)C(=O)NC3CC3)C4(C)C)cc12. The van der Waals surface area contributed by atoms with Crippen molar-refractivity contribution < 1.29 is 28.7 Å². The molecule has 218 valence electrons. The van der Waals surface area contributed by atoms with Crippen LogP contribution in [0.4, 0.5) is 0 Å². The van der Waals surface area contributed by atoms with E-state index in [1.165, 1.54) is 0 Å². The molecular formula is C31H38N4O6. The molecule has 6 rings (SSSR count). The molecule has 0 unspecified atom stereocenters. The van der Waals surface area contributed by atoms with Crippen LogP contribution in [0.3, 0.4) is 0 Å². The van der Waals surface area contributed by atoms with Crippen LogP contribution in [-0.2, 0) is 19.2 Å². The molecule has 3 N–H and O–H groups in total. The van der Waals surface area contributed by atoms with Crippen molar-refractivity contribution in [2.45, 2.75) is 76.9 Å². The maximum Gasteiger partial charge on any atom is 0.289 e. The number of ketones is 2. The fourth-order valence-corrected chi connectivity index (χ4v) is 7.09. The Morgan fingerprint density at radius 2 is 1.93 bits per heavy atom. The lowest BCUT2D eigenvalue weighted by molar-refractivity contribution is -0.141. The van der Waals surface area contributed by atoms with Crippen molar-refractivity contribution >= 4 is 40.2 Å². The number of hydrogen-bond acceptors (Lipinski definition) is 6. The van der Waals surface area contributed by atoms with Crippen LogP contribution in [-0.4, -0.2) is 71.0 Å². The largest absolute Gasteiger partial charge is 0.496 e. The summed E-state index contributed by atoms with van der Waals surface area (Å²) in [5.74, 6) is -1.80. The molecule has 2 aromatic rings. The minimum absolute atomic E-state index is 0.00925. The Bertz CT molecular complexity index is 1420. The molecule has 0 radical (unpaired) electrons. The van der Waals surface area contributed by atoms with Crippen LogP contribution in [0.25, 0.3) is 10.9 Å². The first-order valence-electron chi connectivity index (χ1n) is 14.7. The summed E-state index contributed by atoms with van der Waals surface area (Å²) in [5.41, 5.74) is 0.971. The van der Waals surface area contributed by atoms with Gasteiger partial charge < -0.3 is 25.3 Å². The number of carbonyl (C=O) groups is 5. The molecule has 0 spiro atoms. The normalized spacial score (nSPS) is 27.2. The second-order valence-corrected chi connectivity index (χ2v) is 12.8. The van der Waals surface area contributed by atoms with E-state index in [-0.39, 0.29) is 47.3 Å². The number of ether oxygens (including phenoxy) is 1. The minimum Gasteiger partial charge on any atom is -0.496 e. The van der Waals surface area contributed by atoms with E-state index in [1.807, 2.05) is 18.2 Å². The minimum atomic E-state index is -1.12. The Morgan fingerprint density at radius 1 is 1.15 bits per heavy atom. The molecule has 3 aliphatic carbocycles. The molecule has 1 aromatic carbocycles. The van der Waals surface area contributed by atoms with Gasteiger partial charge in [-0.25, -0.2) is 0 Å². The highest BCUT2D eigenvalue weighted by atomic mass is 16.5. The van der Waals surface area contributed by atoms with Crippen LogP contribution >= 0.6 is 0 Å². The second-order valence-electron chi connectivity index (χ2n) is 12.8. The molecule has 41 heavy (non-hydrogen) atoms. The number of Topliss-reactive ketones (excluding diaryl/α,β-unsaturated/α-hetero) is 2. The van der Waals surface area contributed by atoms with E-state index in [0.717, 1.165) is 36.6 Å². The molecule has 3 amide bonds. The number of piperidine rings is 1. The van der Waals surface area contributed by atoms with E-state index in [0.29, 0.717) is 30.8 Å². The van der Waals surface area contributed by atoms with Gasteiger partial charge in [-0.15, -0.1) is 0 Å². The highest BCUT2D eigenvalue weighted by molar-refractivity contribution is 6.38. The third-order valence-electron chi connectivity index (χ3n) is 9.78. The van der Waals surface area contributed by atoms with Crippen molar-refractivity contribution in [1.82, 2.24) is 20.5 Å². The number of likely N-dealkylation sites (tertiary alicyclic amines) is 1. The number of carbonyl (C=O) groups excluding carboxylic acids is 5. The van der Waals surface area contributed by atoms with Crippen LogP contribution in [0, 0.1) is 23.2 Å². The lowest BCUT2D eigenvalue weighted by Crippen LogP contribution is -2.56. The van der Waals surface area contributed by atoms with Crippen LogP contribution < -0.4 is 15.4 Å². The summed E-state index contributed by atoms with van der Waals surface area (Å²) in [6.45, 7) is 4.60. The first kappa shape index (κ1) is 27.5. The van der Waals surface area contributed by atoms with E-state index in [4.69, 9.17) is 4.74 Å². The number of nitrogens with one attached hydrogen (secondary N) is 3. The number of rotatable bonds is 9. The van der Waals surface area contributed by atoms with Crippen LogP contribution in [0.5, 0.6) is 5.75 Å². The average Bonchev–Trinajstić information content (AvgIpc) is 3.70. The highest BCUT2D eigenvalue weighted by Gasteiger charge is 2.69. The summed E-state index contributed by atoms with van der Waals surface area (Å²) in [5, 5.41) is 6.35. The Balaban J connectivity index is 1.25. The van der Waals surface area contributed by atoms with Gasteiger partial charge in [0.05, 0.1) is 13.2 Å². The topological polar surface area (TPSA) is 138 Å². The van der Waals surface area contributed by atoms with Gasteiger partial charge in [0.15, 0.2) is 0 Å². The Morgan fingerprint density at radius 3 is 2.63 bits per heavy atom. The smallest absolute Gasteiger partial charge is 0.289 e. The molecule has 1 aliphatic heterocycles. The van der Waals surface area contributed by atoms with Crippen molar-refractivity contribution in [3.8, 4) is 5.75 Å². The predicted molar refractivity (Wildman–Crippen MR) is 150 cm³/mol. The number of aromatic amines is 1. The Kier molecular flexibility index (Phi) is 6.90. The standard InChI is InChI=1S/C31H38N4O6/c1-31(2)19-15-35(30(40)22-14-18-20(33-22)8-6-10-24(18)41-3)26(25(19)31)28(38)34-21(13-16-7-4-5-9-23(16)36)27(37)29(39)32-17-11-12-17/h6,8,10,14,16-17,19,21,25-26,33H,4-5,7,9,11-13,15H2,1-3H3,(H,32,39)(H,34,38)/t16-,19-,21-,25-,26-/m0/s1.